The molecule has 0 saturated heterocycles. The van der Waals surface area contributed by atoms with Crippen molar-refractivity contribution in [1.29, 1.82) is 0 Å². The second-order valence-electron chi connectivity index (χ2n) is 9.52. The monoisotopic (exact) mass is 522 g/mol. The molecule has 1 aliphatic carbocycles. The van der Waals surface area contributed by atoms with Crippen LogP contribution in [0.1, 0.15) is 44.0 Å². The average Bonchev–Trinajstić information content (AvgIpc) is 3.69. The predicted octanol–water partition coefficient (Wildman–Crippen LogP) is 2.29. The molecule has 4 aromatic heterocycles. The average molecular weight is 523 g/mol. The summed E-state index contributed by atoms with van der Waals surface area (Å²) >= 11 is 0. The van der Waals surface area contributed by atoms with E-state index in [1.54, 1.807) is 10.6 Å². The number of nitrogens with one attached hydrogen (secondary N) is 1. The molecule has 1 aliphatic rings. The van der Waals surface area contributed by atoms with E-state index in [0.717, 1.165) is 19.1 Å². The van der Waals surface area contributed by atoms with Crippen LogP contribution in [-0.2, 0) is 22.9 Å². The minimum absolute atomic E-state index is 0.100. The van der Waals surface area contributed by atoms with Crippen molar-refractivity contribution in [2.24, 2.45) is 5.92 Å². The first-order valence-corrected chi connectivity index (χ1v) is 13.7. The highest BCUT2D eigenvalue weighted by Crippen LogP contribution is 2.44. The highest BCUT2D eigenvalue weighted by Gasteiger charge is 2.31. The maximum absolute atomic E-state index is 13.4. The van der Waals surface area contributed by atoms with E-state index in [-0.39, 0.29) is 46.4 Å². The van der Waals surface area contributed by atoms with Gasteiger partial charge in [-0.2, -0.15) is 0 Å². The van der Waals surface area contributed by atoms with Gasteiger partial charge in [-0.05, 0) is 30.9 Å². The van der Waals surface area contributed by atoms with E-state index in [1.165, 1.54) is 24.8 Å². The zero-order chi connectivity index (χ0) is 26.3. The topological polar surface area (TPSA) is 166 Å². The molecule has 0 aliphatic heterocycles. The van der Waals surface area contributed by atoms with Gasteiger partial charge in [0.15, 0.2) is 27.1 Å². The molecule has 4 heterocycles. The Morgan fingerprint density at radius 2 is 1.89 bits per heavy atom. The molecule has 5 rings (SSSR count). The number of anilines is 1. The maximum Gasteiger partial charge on any atom is 0.294 e. The summed E-state index contributed by atoms with van der Waals surface area (Å²) in [5.41, 5.74) is 2.00. The Labute approximate surface area is 212 Å². The molecule has 2 N–H and O–H groups in total. The summed E-state index contributed by atoms with van der Waals surface area (Å²) in [6, 6.07) is 3.05. The van der Waals surface area contributed by atoms with Crippen LogP contribution in [0.5, 0.6) is 5.88 Å². The Hall–Kier alpha value is -4.00. The van der Waals surface area contributed by atoms with Crippen molar-refractivity contribution in [2.45, 2.75) is 50.6 Å². The minimum atomic E-state index is -3.35. The number of sulfone groups is 1. The van der Waals surface area contributed by atoms with Crippen LogP contribution >= 0.6 is 0 Å². The summed E-state index contributed by atoms with van der Waals surface area (Å²) in [4.78, 5) is 39.5. The van der Waals surface area contributed by atoms with Gasteiger partial charge in [0.2, 0.25) is 5.88 Å². The molecule has 4 aromatic rings. The van der Waals surface area contributed by atoms with Gasteiger partial charge in [0.25, 0.3) is 5.56 Å². The van der Waals surface area contributed by atoms with Crippen LogP contribution in [0.4, 0.5) is 5.82 Å². The van der Waals surface area contributed by atoms with Crippen LogP contribution in [0, 0.1) is 5.92 Å². The van der Waals surface area contributed by atoms with E-state index in [2.05, 4.69) is 35.2 Å². The van der Waals surface area contributed by atoms with E-state index in [9.17, 15) is 18.3 Å². The summed E-state index contributed by atoms with van der Waals surface area (Å²) in [6.07, 6.45) is 7.18. The van der Waals surface area contributed by atoms with Crippen LogP contribution in [0.3, 0.4) is 0 Å². The standard InChI is InChI=1S/C24H26N8O4S/c1-13(2)11-32-22-17(10-27-20(31-22)18-19(14-4-5-14)28-12-29-23(18)33)30-21(24(32)34)26-8-15-6-7-16(9-25-15)37(3,35)36/h6-7,9-10,12-14H,4-5,8,11H2,1-3H3,(H,26,30)(H,28,29,33). The Bertz CT molecular complexity index is 1650. The Kier molecular flexibility index (Phi) is 6.31. The van der Waals surface area contributed by atoms with Gasteiger partial charge in [-0.25, -0.2) is 33.3 Å². The summed E-state index contributed by atoms with van der Waals surface area (Å²) in [5, 5.41) is 13.5. The third kappa shape index (κ3) is 5.12. The third-order valence-electron chi connectivity index (χ3n) is 5.94. The van der Waals surface area contributed by atoms with E-state index in [4.69, 9.17) is 0 Å². The smallest absolute Gasteiger partial charge is 0.294 e. The van der Waals surface area contributed by atoms with Crippen molar-refractivity contribution in [2.75, 3.05) is 11.6 Å². The zero-order valence-corrected chi connectivity index (χ0v) is 21.4. The summed E-state index contributed by atoms with van der Waals surface area (Å²) in [6.45, 7) is 4.53. The molecule has 0 amide bonds. The first-order valence-electron chi connectivity index (χ1n) is 11.8. The molecule has 0 aromatic carbocycles. The lowest BCUT2D eigenvalue weighted by Gasteiger charge is -2.15. The second-order valence-corrected chi connectivity index (χ2v) is 11.5. The fourth-order valence-electron chi connectivity index (χ4n) is 3.99. The second kappa shape index (κ2) is 9.47. The van der Waals surface area contributed by atoms with Crippen molar-refractivity contribution < 1.29 is 13.5 Å². The third-order valence-corrected chi connectivity index (χ3v) is 7.04. The van der Waals surface area contributed by atoms with Crippen molar-refractivity contribution in [3.63, 3.8) is 0 Å². The molecule has 0 atom stereocenters. The van der Waals surface area contributed by atoms with Crippen molar-refractivity contribution in [3.05, 3.63) is 52.6 Å². The van der Waals surface area contributed by atoms with Crippen LogP contribution in [0.25, 0.3) is 22.6 Å². The van der Waals surface area contributed by atoms with E-state index >= 15 is 0 Å². The van der Waals surface area contributed by atoms with Gasteiger partial charge in [0.1, 0.15) is 17.4 Å². The molecule has 1 fully saturated rings. The van der Waals surface area contributed by atoms with Crippen LogP contribution in [-0.4, -0.2) is 54.3 Å². The Morgan fingerprint density at radius 1 is 1.11 bits per heavy atom. The molecule has 12 nitrogen and oxygen atoms in total. The fourth-order valence-corrected chi connectivity index (χ4v) is 4.55. The van der Waals surface area contributed by atoms with Gasteiger partial charge in [-0.15, -0.1) is 0 Å². The zero-order valence-electron chi connectivity index (χ0n) is 20.6. The molecule has 13 heteroatoms. The SMILES string of the molecule is CC(C)Cn1c(=O)c(NCc2ccc(S(C)(=O)=O)cn2)nc2cnc(-c3c(O)ncnc3C3CC3)nc21. The van der Waals surface area contributed by atoms with Crippen LogP contribution in [0.15, 0.2) is 40.5 Å². The highest BCUT2D eigenvalue weighted by atomic mass is 32.2. The summed E-state index contributed by atoms with van der Waals surface area (Å²) < 4.78 is 24.9. The van der Waals surface area contributed by atoms with Gasteiger partial charge in [0, 0.05) is 24.9 Å². The normalized spacial score (nSPS) is 13.8. The fraction of sp³-hybridized carbons (Fsp3) is 0.375. The maximum atomic E-state index is 13.4. The van der Waals surface area contributed by atoms with Crippen LogP contribution < -0.4 is 10.9 Å². The van der Waals surface area contributed by atoms with E-state index < -0.39 is 9.84 Å². The lowest BCUT2D eigenvalue weighted by molar-refractivity contribution is 0.452. The molecule has 0 spiro atoms. The Balaban J connectivity index is 1.53. The number of rotatable bonds is 8. The number of fused-ring (bicyclic) bond motifs is 1. The lowest BCUT2D eigenvalue weighted by atomic mass is 10.1. The van der Waals surface area contributed by atoms with Crippen molar-refractivity contribution in [3.8, 4) is 17.3 Å². The molecule has 37 heavy (non-hydrogen) atoms. The van der Waals surface area contributed by atoms with Gasteiger partial charge in [0.05, 0.1) is 29.0 Å². The van der Waals surface area contributed by atoms with E-state index in [0.29, 0.717) is 34.7 Å². The largest absolute Gasteiger partial charge is 0.493 e. The lowest BCUT2D eigenvalue weighted by Crippen LogP contribution is -2.28. The number of aromatic hydroxyl groups is 1. The van der Waals surface area contributed by atoms with Gasteiger partial charge in [-0.3, -0.25) is 14.3 Å². The van der Waals surface area contributed by atoms with Crippen molar-refractivity contribution in [1.82, 2.24) is 34.5 Å². The molecule has 0 unspecified atom stereocenters. The first kappa shape index (κ1) is 24.7. The van der Waals surface area contributed by atoms with Gasteiger partial charge < -0.3 is 10.4 Å². The molecule has 192 valence electrons. The minimum Gasteiger partial charge on any atom is -0.493 e. The molecule has 0 bridgehead atoms. The number of hydrogen-bond acceptors (Lipinski definition) is 11. The van der Waals surface area contributed by atoms with Gasteiger partial charge >= 0.3 is 0 Å². The molecule has 0 radical (unpaired) electrons. The van der Waals surface area contributed by atoms with E-state index in [1.807, 2.05) is 13.8 Å². The Morgan fingerprint density at radius 3 is 2.54 bits per heavy atom. The van der Waals surface area contributed by atoms with Gasteiger partial charge in [-0.1, -0.05) is 13.8 Å². The predicted molar refractivity (Wildman–Crippen MR) is 136 cm³/mol. The summed E-state index contributed by atoms with van der Waals surface area (Å²) in [7, 11) is -3.35. The number of aromatic nitrogens is 7. The van der Waals surface area contributed by atoms with Crippen LogP contribution in [0.2, 0.25) is 0 Å². The number of nitrogens with zero attached hydrogens (tertiary/aromatic N) is 7. The number of pyridine rings is 1. The molecule has 1 saturated carbocycles. The highest BCUT2D eigenvalue weighted by molar-refractivity contribution is 7.90. The molecular weight excluding hydrogens is 496 g/mol. The first-order chi connectivity index (χ1) is 17.6. The molecular formula is C24H26N8O4S. The number of hydrogen-bond donors (Lipinski definition) is 2. The quantitative estimate of drug-likeness (QED) is 0.348. The summed E-state index contributed by atoms with van der Waals surface area (Å²) in [5.74, 6) is 0.501. The van der Waals surface area contributed by atoms with Crippen molar-refractivity contribution >= 4 is 26.8 Å².